The Morgan fingerprint density at radius 2 is 1.78 bits per heavy atom. The lowest BCUT2D eigenvalue weighted by molar-refractivity contribution is -0.147. The quantitative estimate of drug-likeness (QED) is 0.521. The highest BCUT2D eigenvalue weighted by molar-refractivity contribution is 7.13. The Bertz CT molecular complexity index is 1130. The van der Waals surface area contributed by atoms with E-state index in [4.69, 9.17) is 0 Å². The zero-order valence-electron chi connectivity index (χ0n) is 22.6. The van der Waals surface area contributed by atoms with Crippen molar-refractivity contribution >= 4 is 29.2 Å². The van der Waals surface area contributed by atoms with E-state index in [-0.39, 0.29) is 25.4 Å². The van der Waals surface area contributed by atoms with Gasteiger partial charge < -0.3 is 20.4 Å². The number of nitrogens with zero attached hydrogens (tertiary/aromatic N) is 3. The molecular weight excluding hydrogens is 492 g/mol. The van der Waals surface area contributed by atoms with Gasteiger partial charge in [0, 0.05) is 25.0 Å². The summed E-state index contributed by atoms with van der Waals surface area (Å²) in [5.74, 6) is -0.858. The molecule has 0 spiro atoms. The molecule has 1 aliphatic heterocycles. The Morgan fingerprint density at radius 1 is 1.16 bits per heavy atom. The van der Waals surface area contributed by atoms with Crippen LogP contribution in [0, 0.1) is 12.3 Å². The summed E-state index contributed by atoms with van der Waals surface area (Å²) in [4.78, 5) is 47.1. The summed E-state index contributed by atoms with van der Waals surface area (Å²) in [6.07, 6.45) is -1.98. The fourth-order valence-electron chi connectivity index (χ4n) is 4.78. The molecule has 3 amide bonds. The highest BCUT2D eigenvalue weighted by Gasteiger charge is 2.49. The van der Waals surface area contributed by atoms with Crippen molar-refractivity contribution in [3.8, 4) is 10.4 Å². The van der Waals surface area contributed by atoms with Crippen LogP contribution in [-0.2, 0) is 16.1 Å². The van der Waals surface area contributed by atoms with E-state index in [1.54, 1.807) is 52.9 Å². The highest BCUT2D eigenvalue weighted by atomic mass is 32.1. The van der Waals surface area contributed by atoms with Crippen LogP contribution in [0.1, 0.15) is 59.2 Å². The zero-order chi connectivity index (χ0) is 27.7. The molecule has 3 rings (SSSR count). The molecule has 0 aliphatic carbocycles. The van der Waals surface area contributed by atoms with Crippen LogP contribution in [0.15, 0.2) is 29.8 Å². The van der Waals surface area contributed by atoms with E-state index < -0.39 is 41.1 Å². The van der Waals surface area contributed by atoms with Crippen LogP contribution >= 0.6 is 11.3 Å². The number of hydrogen-bond donors (Lipinski definition) is 3. The van der Waals surface area contributed by atoms with Crippen LogP contribution < -0.4 is 5.32 Å². The van der Waals surface area contributed by atoms with Gasteiger partial charge in [-0.3, -0.25) is 14.5 Å². The van der Waals surface area contributed by atoms with Crippen LogP contribution in [-0.4, -0.2) is 73.2 Å². The van der Waals surface area contributed by atoms with Crippen molar-refractivity contribution in [1.29, 1.82) is 0 Å². The average Bonchev–Trinajstić information content (AvgIpc) is 3.39. The summed E-state index contributed by atoms with van der Waals surface area (Å²) in [5.41, 5.74) is 3.14. The molecule has 1 fully saturated rings. The number of likely N-dealkylation sites (tertiary alicyclic amines) is 1. The van der Waals surface area contributed by atoms with Crippen molar-refractivity contribution in [2.75, 3.05) is 6.54 Å². The van der Waals surface area contributed by atoms with Crippen LogP contribution in [0.4, 0.5) is 4.79 Å². The smallest absolute Gasteiger partial charge is 0.408 e. The molecule has 1 unspecified atom stereocenters. The van der Waals surface area contributed by atoms with Gasteiger partial charge in [0.05, 0.1) is 22.2 Å². The summed E-state index contributed by atoms with van der Waals surface area (Å²) >= 11 is 1.57. The molecule has 0 bridgehead atoms. The number of β-amino-alcohol motifs (C(OH)–C–C–N with tert-alkyl or cyclic N) is 1. The van der Waals surface area contributed by atoms with Crippen LogP contribution in [0.5, 0.6) is 0 Å². The number of aliphatic hydroxyl groups is 1. The van der Waals surface area contributed by atoms with E-state index in [0.29, 0.717) is 0 Å². The van der Waals surface area contributed by atoms with Crippen LogP contribution in [0.2, 0.25) is 0 Å². The molecule has 1 aliphatic rings. The molecule has 9 nitrogen and oxygen atoms in total. The van der Waals surface area contributed by atoms with E-state index >= 15 is 0 Å². The Morgan fingerprint density at radius 3 is 2.27 bits per heavy atom. The van der Waals surface area contributed by atoms with Gasteiger partial charge in [-0.1, -0.05) is 45.0 Å². The molecule has 37 heavy (non-hydrogen) atoms. The molecule has 2 aromatic rings. The molecule has 202 valence electrons. The SMILES string of the molecule is Cc1ncsc1-c1ccc(CNC(=O)[C@@H]2C[C@@H](O)CN2C(=O)C(N(C(=O)O)C(C)(C)C)C(C)(C)C)cc1. The standard InChI is InChI=1S/C27H38N4O5S/c1-16-21(37-15-29-16)18-10-8-17(9-11-18)13-28-23(33)20-12-19(32)14-30(20)24(34)22(26(2,3)4)31(25(35)36)27(5,6)7/h8-11,15,19-20,22,32H,12-14H2,1-7H3,(H,28,33)(H,35,36)/t19-,20+,22?/m1/s1. The van der Waals surface area contributed by atoms with Crippen molar-refractivity contribution in [1.82, 2.24) is 20.1 Å². The maximum atomic E-state index is 13.8. The number of carbonyl (C=O) groups excluding carboxylic acids is 2. The maximum Gasteiger partial charge on any atom is 0.408 e. The number of hydrogen-bond acceptors (Lipinski definition) is 6. The fraction of sp³-hybridized carbons (Fsp3) is 0.556. The van der Waals surface area contributed by atoms with Crippen molar-refractivity contribution in [2.45, 2.75) is 85.2 Å². The van der Waals surface area contributed by atoms with Crippen molar-refractivity contribution in [3.05, 3.63) is 41.0 Å². The minimum absolute atomic E-state index is 0.0238. The van der Waals surface area contributed by atoms with Gasteiger partial charge in [0.15, 0.2) is 0 Å². The second kappa shape index (κ2) is 10.8. The van der Waals surface area contributed by atoms with Crippen molar-refractivity contribution in [3.63, 3.8) is 0 Å². The molecule has 1 aromatic heterocycles. The van der Waals surface area contributed by atoms with Gasteiger partial charge in [-0.25, -0.2) is 9.78 Å². The second-order valence-corrected chi connectivity index (χ2v) is 12.5. The topological polar surface area (TPSA) is 123 Å². The molecule has 0 radical (unpaired) electrons. The molecule has 10 heteroatoms. The number of aromatic nitrogens is 1. The average molecular weight is 531 g/mol. The first-order chi connectivity index (χ1) is 17.1. The Kier molecular flexibility index (Phi) is 8.34. The molecule has 0 saturated carbocycles. The number of carbonyl (C=O) groups is 3. The third-order valence-electron chi connectivity index (χ3n) is 6.53. The van der Waals surface area contributed by atoms with Gasteiger partial charge in [-0.2, -0.15) is 0 Å². The van der Waals surface area contributed by atoms with Gasteiger partial charge in [0.2, 0.25) is 11.8 Å². The summed E-state index contributed by atoms with van der Waals surface area (Å²) in [6, 6.07) is 5.92. The first kappa shape index (κ1) is 28.6. The maximum absolute atomic E-state index is 13.8. The first-order valence-electron chi connectivity index (χ1n) is 12.4. The number of thiazole rings is 1. The van der Waals surface area contributed by atoms with E-state index in [9.17, 15) is 24.6 Å². The molecule has 3 atom stereocenters. The number of amides is 3. The Balaban J connectivity index is 1.76. The minimum atomic E-state index is -1.21. The van der Waals surface area contributed by atoms with Gasteiger partial charge in [0.1, 0.15) is 12.1 Å². The van der Waals surface area contributed by atoms with Gasteiger partial charge in [0.25, 0.3) is 0 Å². The van der Waals surface area contributed by atoms with Crippen molar-refractivity contribution < 1.29 is 24.6 Å². The van der Waals surface area contributed by atoms with Gasteiger partial charge >= 0.3 is 6.09 Å². The van der Waals surface area contributed by atoms with Crippen LogP contribution in [0.25, 0.3) is 10.4 Å². The number of carboxylic acid groups (broad SMARTS) is 1. The summed E-state index contributed by atoms with van der Waals surface area (Å²) in [5, 5.41) is 23.3. The Labute approximate surface area is 222 Å². The van der Waals surface area contributed by atoms with Gasteiger partial charge in [-0.15, -0.1) is 11.3 Å². The van der Waals surface area contributed by atoms with E-state index in [0.717, 1.165) is 26.6 Å². The summed E-state index contributed by atoms with van der Waals surface area (Å²) in [7, 11) is 0. The van der Waals surface area contributed by atoms with E-state index in [1.807, 2.05) is 36.7 Å². The molecular formula is C27H38N4O5S. The highest BCUT2D eigenvalue weighted by Crippen LogP contribution is 2.33. The van der Waals surface area contributed by atoms with E-state index in [2.05, 4.69) is 10.3 Å². The summed E-state index contributed by atoms with van der Waals surface area (Å²) in [6.45, 7) is 12.8. The summed E-state index contributed by atoms with van der Waals surface area (Å²) < 4.78 is 0. The van der Waals surface area contributed by atoms with Crippen LogP contribution in [0.3, 0.4) is 0 Å². The van der Waals surface area contributed by atoms with Crippen molar-refractivity contribution in [2.24, 2.45) is 5.41 Å². The number of aryl methyl sites for hydroxylation is 1. The number of nitrogens with one attached hydrogen (secondary N) is 1. The molecule has 3 N–H and O–H groups in total. The number of rotatable bonds is 6. The lowest BCUT2D eigenvalue weighted by Gasteiger charge is -2.46. The zero-order valence-corrected chi connectivity index (χ0v) is 23.4. The predicted octanol–water partition coefficient (Wildman–Crippen LogP) is 3.89. The predicted molar refractivity (Wildman–Crippen MR) is 143 cm³/mol. The lowest BCUT2D eigenvalue weighted by atomic mass is 9.82. The first-order valence-corrected chi connectivity index (χ1v) is 13.3. The normalized spacial score (nSPS) is 19.0. The largest absolute Gasteiger partial charge is 0.465 e. The third kappa shape index (κ3) is 6.48. The molecule has 1 saturated heterocycles. The molecule has 1 aromatic carbocycles. The lowest BCUT2D eigenvalue weighted by Crippen LogP contribution is -2.63. The third-order valence-corrected chi connectivity index (χ3v) is 7.51. The second-order valence-electron chi connectivity index (χ2n) is 11.7. The number of aliphatic hydroxyl groups excluding tert-OH is 1. The molecule has 2 heterocycles. The fourth-order valence-corrected chi connectivity index (χ4v) is 5.59. The van der Waals surface area contributed by atoms with Gasteiger partial charge in [-0.05, 0) is 44.2 Å². The van der Waals surface area contributed by atoms with E-state index in [1.165, 1.54) is 4.90 Å². The minimum Gasteiger partial charge on any atom is -0.465 e. The Hall–Kier alpha value is -2.98. The number of benzene rings is 1. The monoisotopic (exact) mass is 530 g/mol.